The molecule has 3 aromatic rings. The molecule has 0 radical (unpaired) electrons. The third-order valence-electron chi connectivity index (χ3n) is 4.83. The molecule has 0 unspecified atom stereocenters. The molecule has 2 amide bonds. The van der Waals surface area contributed by atoms with Crippen LogP contribution in [0.5, 0.6) is 5.75 Å². The monoisotopic (exact) mass is 407 g/mol. The highest BCUT2D eigenvalue weighted by Gasteiger charge is 2.13. The Kier molecular flexibility index (Phi) is 6.77. The van der Waals surface area contributed by atoms with Crippen molar-refractivity contribution >= 4 is 22.7 Å². The predicted octanol–water partition coefficient (Wildman–Crippen LogP) is 3.78. The Morgan fingerprint density at radius 2 is 1.67 bits per heavy atom. The van der Waals surface area contributed by atoms with Crippen LogP contribution in [0.1, 0.15) is 43.2 Å². The average molecular weight is 408 g/mol. The van der Waals surface area contributed by atoms with Crippen LogP contribution in [0.2, 0.25) is 0 Å². The summed E-state index contributed by atoms with van der Waals surface area (Å²) in [4.78, 5) is 27.2. The Bertz CT molecular complexity index is 967. The Hall–Kier alpha value is -3.28. The highest BCUT2D eigenvalue weighted by atomic mass is 16.5. The summed E-state index contributed by atoms with van der Waals surface area (Å²) in [5.74, 6) is 0.333. The lowest BCUT2D eigenvalue weighted by Crippen LogP contribution is -2.32. The highest BCUT2D eigenvalue weighted by Crippen LogP contribution is 2.24. The van der Waals surface area contributed by atoms with Gasteiger partial charge >= 0.3 is 0 Å². The van der Waals surface area contributed by atoms with Crippen LogP contribution in [0, 0.1) is 0 Å². The van der Waals surface area contributed by atoms with Crippen LogP contribution in [0.4, 0.5) is 0 Å². The second-order valence-corrected chi connectivity index (χ2v) is 8.29. The van der Waals surface area contributed by atoms with Crippen LogP contribution < -0.4 is 15.4 Å². The summed E-state index contributed by atoms with van der Waals surface area (Å²) in [6.07, 6.45) is 0.637. The molecule has 0 atom stereocenters. The van der Waals surface area contributed by atoms with Gasteiger partial charge in [-0.15, -0.1) is 0 Å². The highest BCUT2D eigenvalue weighted by molar-refractivity contribution is 5.97. The molecule has 0 aliphatic rings. The van der Waals surface area contributed by atoms with Crippen molar-refractivity contribution in [3.05, 3.63) is 65.9 Å². The molecular formula is C24H29N3O3. The van der Waals surface area contributed by atoms with Crippen LogP contribution in [0.25, 0.3) is 10.9 Å². The maximum Gasteiger partial charge on any atom is 0.267 e. The van der Waals surface area contributed by atoms with Crippen molar-refractivity contribution in [2.75, 3.05) is 19.7 Å². The van der Waals surface area contributed by atoms with Gasteiger partial charge in [-0.25, -0.2) is 0 Å². The van der Waals surface area contributed by atoms with Crippen LogP contribution in [0.3, 0.4) is 0 Å². The van der Waals surface area contributed by atoms with E-state index in [0.29, 0.717) is 31.0 Å². The van der Waals surface area contributed by atoms with Gasteiger partial charge in [0.25, 0.3) is 11.8 Å². The molecule has 6 nitrogen and oxygen atoms in total. The van der Waals surface area contributed by atoms with E-state index in [4.69, 9.17) is 4.74 Å². The summed E-state index contributed by atoms with van der Waals surface area (Å²) in [7, 11) is 0. The number of aromatic nitrogens is 1. The molecule has 1 aromatic heterocycles. The summed E-state index contributed by atoms with van der Waals surface area (Å²) in [5.41, 5.74) is 2.77. The second-order valence-electron chi connectivity index (χ2n) is 8.29. The molecule has 30 heavy (non-hydrogen) atoms. The number of rotatable bonds is 8. The van der Waals surface area contributed by atoms with Gasteiger partial charge in [0.15, 0.2) is 6.61 Å². The molecule has 3 rings (SSSR count). The van der Waals surface area contributed by atoms with Crippen molar-refractivity contribution in [1.82, 2.24) is 15.6 Å². The van der Waals surface area contributed by atoms with Gasteiger partial charge in [0, 0.05) is 24.0 Å². The standard InChI is InChI=1S/C24H29N3O3/c1-24(2,3)18-9-11-19(12-10-18)30-16-22(28)25-13-6-14-26-23(29)21-15-17-7-4-5-8-20(17)27-21/h4-5,7-12,15,27H,6,13-14,16H2,1-3H3,(H,25,28)(H,26,29). The van der Waals surface area contributed by atoms with E-state index in [9.17, 15) is 9.59 Å². The lowest BCUT2D eigenvalue weighted by Gasteiger charge is -2.19. The van der Waals surface area contributed by atoms with Gasteiger partial charge in [0.05, 0.1) is 0 Å². The van der Waals surface area contributed by atoms with Crippen molar-refractivity contribution in [2.45, 2.75) is 32.6 Å². The number of benzene rings is 2. The van der Waals surface area contributed by atoms with Crippen LogP contribution in [-0.2, 0) is 10.2 Å². The number of hydrogen-bond acceptors (Lipinski definition) is 3. The fourth-order valence-electron chi connectivity index (χ4n) is 3.06. The van der Waals surface area contributed by atoms with Gasteiger partial charge in [-0.3, -0.25) is 9.59 Å². The normalized spacial score (nSPS) is 11.3. The van der Waals surface area contributed by atoms with Gasteiger partial charge in [-0.05, 0) is 41.7 Å². The second kappa shape index (κ2) is 9.48. The first-order valence-electron chi connectivity index (χ1n) is 10.2. The largest absolute Gasteiger partial charge is 0.484 e. The average Bonchev–Trinajstić information content (AvgIpc) is 3.16. The Morgan fingerprint density at radius 1 is 0.967 bits per heavy atom. The number of hydrogen-bond donors (Lipinski definition) is 3. The number of carbonyl (C=O) groups is 2. The molecule has 0 spiro atoms. The van der Waals surface area contributed by atoms with Crippen molar-refractivity contribution in [3.8, 4) is 5.75 Å². The summed E-state index contributed by atoms with van der Waals surface area (Å²) in [6, 6.07) is 17.4. The molecule has 158 valence electrons. The van der Waals surface area contributed by atoms with Crippen LogP contribution >= 0.6 is 0 Å². The summed E-state index contributed by atoms with van der Waals surface area (Å²) in [5, 5.41) is 6.66. The Labute approximate surface area is 177 Å². The van der Waals surface area contributed by atoms with Gasteiger partial charge in [-0.2, -0.15) is 0 Å². The molecule has 0 fully saturated rings. The number of para-hydroxylation sites is 1. The maximum atomic E-state index is 12.2. The zero-order chi connectivity index (χ0) is 21.6. The first-order valence-corrected chi connectivity index (χ1v) is 10.2. The zero-order valence-electron chi connectivity index (χ0n) is 17.7. The molecule has 0 aliphatic heterocycles. The number of aromatic amines is 1. The van der Waals surface area contributed by atoms with Crippen molar-refractivity contribution in [3.63, 3.8) is 0 Å². The molecule has 0 saturated heterocycles. The number of ether oxygens (including phenoxy) is 1. The van der Waals surface area contributed by atoms with Crippen LogP contribution in [0.15, 0.2) is 54.6 Å². The predicted molar refractivity (Wildman–Crippen MR) is 119 cm³/mol. The Balaban J connectivity index is 1.32. The first kappa shape index (κ1) is 21.4. The topological polar surface area (TPSA) is 83.2 Å². The van der Waals surface area contributed by atoms with E-state index >= 15 is 0 Å². The maximum absolute atomic E-state index is 12.2. The fraction of sp³-hybridized carbons (Fsp3) is 0.333. The number of H-pyrrole nitrogens is 1. The molecule has 3 N–H and O–H groups in total. The number of carbonyl (C=O) groups excluding carboxylic acids is 2. The first-order chi connectivity index (χ1) is 14.3. The summed E-state index contributed by atoms with van der Waals surface area (Å²) < 4.78 is 5.53. The summed E-state index contributed by atoms with van der Waals surface area (Å²) in [6.45, 7) is 7.37. The van der Waals surface area contributed by atoms with Crippen LogP contribution in [-0.4, -0.2) is 36.5 Å². The minimum atomic E-state index is -0.183. The lowest BCUT2D eigenvalue weighted by atomic mass is 9.87. The number of nitrogens with one attached hydrogen (secondary N) is 3. The molecule has 0 aliphatic carbocycles. The van der Waals surface area contributed by atoms with Crippen molar-refractivity contribution in [1.29, 1.82) is 0 Å². The number of fused-ring (bicyclic) bond motifs is 1. The molecule has 0 bridgehead atoms. The minimum absolute atomic E-state index is 0.0315. The van der Waals surface area contributed by atoms with E-state index in [2.05, 4.69) is 36.4 Å². The van der Waals surface area contributed by atoms with E-state index in [1.807, 2.05) is 54.6 Å². The van der Waals surface area contributed by atoms with Gasteiger partial charge in [-0.1, -0.05) is 51.1 Å². The van der Waals surface area contributed by atoms with E-state index < -0.39 is 0 Å². The van der Waals surface area contributed by atoms with Gasteiger partial charge in [0.1, 0.15) is 11.4 Å². The van der Waals surface area contributed by atoms with E-state index in [1.54, 1.807) is 0 Å². The van der Waals surface area contributed by atoms with E-state index in [-0.39, 0.29) is 23.8 Å². The van der Waals surface area contributed by atoms with Gasteiger partial charge < -0.3 is 20.4 Å². The minimum Gasteiger partial charge on any atom is -0.484 e. The lowest BCUT2D eigenvalue weighted by molar-refractivity contribution is -0.123. The fourth-order valence-corrected chi connectivity index (χ4v) is 3.06. The Morgan fingerprint density at radius 3 is 2.37 bits per heavy atom. The summed E-state index contributed by atoms with van der Waals surface area (Å²) >= 11 is 0. The molecule has 1 heterocycles. The molecule has 6 heteroatoms. The number of amides is 2. The third-order valence-corrected chi connectivity index (χ3v) is 4.83. The quantitative estimate of drug-likeness (QED) is 0.497. The molecular weight excluding hydrogens is 378 g/mol. The van der Waals surface area contributed by atoms with E-state index in [1.165, 1.54) is 5.56 Å². The van der Waals surface area contributed by atoms with E-state index in [0.717, 1.165) is 10.9 Å². The molecule has 0 saturated carbocycles. The van der Waals surface area contributed by atoms with Gasteiger partial charge in [0.2, 0.25) is 0 Å². The SMILES string of the molecule is CC(C)(C)c1ccc(OCC(=O)NCCCNC(=O)c2cc3ccccc3[nH]2)cc1. The smallest absolute Gasteiger partial charge is 0.267 e. The third kappa shape index (κ3) is 5.86. The molecule has 2 aromatic carbocycles. The van der Waals surface area contributed by atoms with Crippen molar-refractivity contribution < 1.29 is 14.3 Å². The zero-order valence-corrected chi connectivity index (χ0v) is 17.7. The van der Waals surface area contributed by atoms with Crippen molar-refractivity contribution in [2.24, 2.45) is 0 Å².